The van der Waals surface area contributed by atoms with Crippen molar-refractivity contribution >= 4 is 18.0 Å². The number of amides is 1. The van der Waals surface area contributed by atoms with Crippen LogP contribution in [0.1, 0.15) is 35.5 Å². The van der Waals surface area contributed by atoms with Gasteiger partial charge in [0.15, 0.2) is 6.04 Å². The van der Waals surface area contributed by atoms with E-state index in [2.05, 4.69) is 10.4 Å². The number of carbonyl (C=O) groups is 2. The van der Waals surface area contributed by atoms with Crippen molar-refractivity contribution in [3.05, 3.63) is 89.0 Å². The van der Waals surface area contributed by atoms with Crippen molar-refractivity contribution in [3.63, 3.8) is 0 Å². The SMILES string of the molecule is CCOC(=O)[C@@H](NC(=O)/C=C/c1cccc(F)c1)c1c(C)nn(-c2ccccc2)c1C. The summed E-state index contributed by atoms with van der Waals surface area (Å²) in [4.78, 5) is 25.3. The van der Waals surface area contributed by atoms with Crippen LogP contribution in [0.25, 0.3) is 11.8 Å². The van der Waals surface area contributed by atoms with Gasteiger partial charge in [0.1, 0.15) is 5.82 Å². The van der Waals surface area contributed by atoms with Gasteiger partial charge >= 0.3 is 5.97 Å². The molecule has 0 aliphatic heterocycles. The van der Waals surface area contributed by atoms with Gasteiger partial charge in [0.25, 0.3) is 0 Å². The number of benzene rings is 2. The summed E-state index contributed by atoms with van der Waals surface area (Å²) in [7, 11) is 0. The minimum Gasteiger partial charge on any atom is -0.464 e. The van der Waals surface area contributed by atoms with E-state index in [1.54, 1.807) is 30.7 Å². The van der Waals surface area contributed by atoms with Crippen LogP contribution in [0.3, 0.4) is 0 Å². The molecule has 0 saturated carbocycles. The molecule has 6 nitrogen and oxygen atoms in total. The Bertz CT molecular complexity index is 1110. The van der Waals surface area contributed by atoms with E-state index < -0.39 is 23.7 Å². The molecule has 31 heavy (non-hydrogen) atoms. The summed E-state index contributed by atoms with van der Waals surface area (Å²) in [6.07, 6.45) is 2.74. The molecule has 3 rings (SSSR count). The molecule has 1 amide bonds. The van der Waals surface area contributed by atoms with Crippen molar-refractivity contribution < 1.29 is 18.7 Å². The Morgan fingerprint density at radius 3 is 2.58 bits per heavy atom. The Morgan fingerprint density at radius 1 is 1.16 bits per heavy atom. The van der Waals surface area contributed by atoms with Crippen LogP contribution >= 0.6 is 0 Å². The van der Waals surface area contributed by atoms with Crippen LogP contribution in [0, 0.1) is 19.7 Å². The summed E-state index contributed by atoms with van der Waals surface area (Å²) in [5, 5.41) is 7.25. The van der Waals surface area contributed by atoms with Gasteiger partial charge in [-0.05, 0) is 56.7 Å². The molecule has 3 aromatic rings. The number of aryl methyl sites for hydroxylation is 1. The molecule has 160 valence electrons. The molecule has 1 N–H and O–H groups in total. The minimum absolute atomic E-state index is 0.176. The molecule has 0 radical (unpaired) electrons. The highest BCUT2D eigenvalue weighted by atomic mass is 19.1. The second-order valence-corrected chi connectivity index (χ2v) is 6.91. The molecule has 0 unspecified atom stereocenters. The van der Waals surface area contributed by atoms with Crippen molar-refractivity contribution in [2.24, 2.45) is 0 Å². The van der Waals surface area contributed by atoms with E-state index in [0.717, 1.165) is 11.4 Å². The van der Waals surface area contributed by atoms with E-state index >= 15 is 0 Å². The second-order valence-electron chi connectivity index (χ2n) is 6.91. The maximum atomic E-state index is 13.3. The molecular weight excluding hydrogens is 397 g/mol. The van der Waals surface area contributed by atoms with Gasteiger partial charge in [0.2, 0.25) is 5.91 Å². The van der Waals surface area contributed by atoms with Gasteiger partial charge in [-0.3, -0.25) is 4.79 Å². The van der Waals surface area contributed by atoms with E-state index in [0.29, 0.717) is 16.8 Å². The zero-order valence-electron chi connectivity index (χ0n) is 17.6. The summed E-state index contributed by atoms with van der Waals surface area (Å²) < 4.78 is 20.3. The molecule has 0 spiro atoms. The third kappa shape index (κ3) is 5.25. The van der Waals surface area contributed by atoms with Crippen LogP contribution in [0.4, 0.5) is 4.39 Å². The predicted octanol–water partition coefficient (Wildman–Crippen LogP) is 4.06. The van der Waals surface area contributed by atoms with Gasteiger partial charge < -0.3 is 10.1 Å². The maximum Gasteiger partial charge on any atom is 0.333 e. The summed E-state index contributed by atoms with van der Waals surface area (Å²) in [5.41, 5.74) is 3.28. The highest BCUT2D eigenvalue weighted by Gasteiger charge is 2.30. The fraction of sp³-hybridized carbons (Fsp3) is 0.208. The number of nitrogens with zero attached hydrogens (tertiary/aromatic N) is 2. The number of halogens is 1. The summed E-state index contributed by atoms with van der Waals surface area (Å²) in [6, 6.07) is 14.3. The summed E-state index contributed by atoms with van der Waals surface area (Å²) in [5.74, 6) is -1.48. The van der Waals surface area contributed by atoms with E-state index in [-0.39, 0.29) is 6.61 Å². The van der Waals surface area contributed by atoms with Crippen molar-refractivity contribution in [2.45, 2.75) is 26.8 Å². The molecule has 1 atom stereocenters. The maximum absolute atomic E-state index is 13.3. The molecular formula is C24H24FN3O3. The van der Waals surface area contributed by atoms with Crippen LogP contribution in [0.15, 0.2) is 60.7 Å². The van der Waals surface area contributed by atoms with Crippen molar-refractivity contribution in [2.75, 3.05) is 6.61 Å². The van der Waals surface area contributed by atoms with Crippen LogP contribution in [0.2, 0.25) is 0 Å². The number of para-hydroxylation sites is 1. The van der Waals surface area contributed by atoms with Gasteiger partial charge in [0, 0.05) is 17.3 Å². The first kappa shape index (κ1) is 22.0. The Kier molecular flexibility index (Phi) is 6.97. The zero-order valence-corrected chi connectivity index (χ0v) is 17.6. The lowest BCUT2D eigenvalue weighted by Gasteiger charge is -2.17. The largest absolute Gasteiger partial charge is 0.464 e. The van der Waals surface area contributed by atoms with E-state index in [9.17, 15) is 14.0 Å². The highest BCUT2D eigenvalue weighted by molar-refractivity contribution is 5.95. The number of aromatic nitrogens is 2. The number of hydrogen-bond acceptors (Lipinski definition) is 4. The Hall–Kier alpha value is -3.74. The summed E-state index contributed by atoms with van der Waals surface area (Å²) >= 11 is 0. The number of ether oxygens (including phenoxy) is 1. The number of nitrogens with one attached hydrogen (secondary N) is 1. The van der Waals surface area contributed by atoms with Gasteiger partial charge in [-0.2, -0.15) is 5.10 Å². The average Bonchev–Trinajstić information content (AvgIpc) is 3.05. The quantitative estimate of drug-likeness (QED) is 0.461. The van der Waals surface area contributed by atoms with Gasteiger partial charge in [-0.1, -0.05) is 30.3 Å². The zero-order chi connectivity index (χ0) is 22.4. The van der Waals surface area contributed by atoms with Crippen molar-refractivity contribution in [3.8, 4) is 5.69 Å². The Morgan fingerprint density at radius 2 is 1.90 bits per heavy atom. The molecule has 1 heterocycles. The van der Waals surface area contributed by atoms with Gasteiger partial charge in [-0.25, -0.2) is 13.9 Å². The first-order valence-corrected chi connectivity index (χ1v) is 9.93. The van der Waals surface area contributed by atoms with Crippen LogP contribution in [0.5, 0.6) is 0 Å². The molecule has 0 aliphatic carbocycles. The van der Waals surface area contributed by atoms with E-state index in [4.69, 9.17) is 4.74 Å². The molecule has 1 aromatic heterocycles. The third-order valence-electron chi connectivity index (χ3n) is 4.72. The lowest BCUT2D eigenvalue weighted by Crippen LogP contribution is -2.34. The van der Waals surface area contributed by atoms with E-state index in [1.165, 1.54) is 24.3 Å². The second kappa shape index (κ2) is 9.84. The standard InChI is InChI=1S/C24H24FN3O3/c1-4-31-24(30)23(26-21(29)14-13-18-9-8-10-19(25)15-18)22-16(2)27-28(17(22)3)20-11-6-5-7-12-20/h5-15,23H,4H2,1-3H3,(H,26,29)/b14-13+/t23-/m0/s1. The molecule has 0 aliphatic rings. The minimum atomic E-state index is -1.03. The smallest absolute Gasteiger partial charge is 0.333 e. The van der Waals surface area contributed by atoms with Gasteiger partial charge in [-0.15, -0.1) is 0 Å². The van der Waals surface area contributed by atoms with Crippen molar-refractivity contribution in [1.29, 1.82) is 0 Å². The average molecular weight is 421 g/mol. The third-order valence-corrected chi connectivity index (χ3v) is 4.72. The fourth-order valence-corrected chi connectivity index (χ4v) is 3.34. The Balaban J connectivity index is 1.90. The number of esters is 1. The first-order valence-electron chi connectivity index (χ1n) is 9.93. The van der Waals surface area contributed by atoms with E-state index in [1.807, 2.05) is 37.3 Å². The van der Waals surface area contributed by atoms with Crippen LogP contribution in [-0.4, -0.2) is 28.3 Å². The number of rotatable bonds is 7. The normalized spacial score (nSPS) is 12.0. The first-order chi connectivity index (χ1) is 14.9. The van der Waals surface area contributed by atoms with Crippen LogP contribution in [-0.2, 0) is 14.3 Å². The monoisotopic (exact) mass is 421 g/mol. The fourth-order valence-electron chi connectivity index (χ4n) is 3.34. The molecule has 2 aromatic carbocycles. The Labute approximate surface area is 180 Å². The number of carbonyl (C=O) groups excluding carboxylic acids is 2. The highest BCUT2D eigenvalue weighted by Crippen LogP contribution is 2.25. The molecule has 0 saturated heterocycles. The van der Waals surface area contributed by atoms with Gasteiger partial charge in [0.05, 0.1) is 18.0 Å². The summed E-state index contributed by atoms with van der Waals surface area (Å²) in [6.45, 7) is 5.50. The topological polar surface area (TPSA) is 73.2 Å². The van der Waals surface area contributed by atoms with Crippen molar-refractivity contribution in [1.82, 2.24) is 15.1 Å². The molecule has 7 heteroatoms. The number of hydrogen-bond donors (Lipinski definition) is 1. The lowest BCUT2D eigenvalue weighted by atomic mass is 10.0. The molecule has 0 bridgehead atoms. The van der Waals surface area contributed by atoms with Crippen LogP contribution < -0.4 is 5.32 Å². The molecule has 0 fully saturated rings. The lowest BCUT2D eigenvalue weighted by molar-refractivity contribution is -0.147. The predicted molar refractivity (Wildman–Crippen MR) is 116 cm³/mol.